The van der Waals surface area contributed by atoms with Crippen LogP contribution in [0.25, 0.3) is 10.9 Å². The monoisotopic (exact) mass is 406 g/mol. The number of carbonyl (C=O) groups excluding carboxylic acids is 2. The molecule has 0 spiro atoms. The number of nitrogens with one attached hydrogen (secondary N) is 1. The van der Waals surface area contributed by atoms with Crippen molar-refractivity contribution >= 4 is 39.7 Å². The highest BCUT2D eigenvalue weighted by Crippen LogP contribution is 2.23. The van der Waals surface area contributed by atoms with Crippen LogP contribution in [0.4, 0.5) is 5.69 Å². The Labute approximate surface area is 170 Å². The van der Waals surface area contributed by atoms with Crippen molar-refractivity contribution in [3.63, 3.8) is 0 Å². The summed E-state index contributed by atoms with van der Waals surface area (Å²) in [5, 5.41) is 9.94. The number of hydrogen-bond donors (Lipinski definition) is 2. The van der Waals surface area contributed by atoms with Crippen LogP contribution in [0, 0.1) is 13.8 Å². The fourth-order valence-electron chi connectivity index (χ4n) is 3.17. The zero-order valence-electron chi connectivity index (χ0n) is 15.8. The highest BCUT2D eigenvalue weighted by molar-refractivity contribution is 7.07. The topological polar surface area (TPSA) is 116 Å². The second-order valence-corrected chi connectivity index (χ2v) is 7.29. The molecule has 1 aromatic carbocycles. The van der Waals surface area contributed by atoms with Crippen LogP contribution in [0.3, 0.4) is 0 Å². The zero-order valence-corrected chi connectivity index (χ0v) is 16.7. The van der Waals surface area contributed by atoms with Crippen LogP contribution in [0.1, 0.15) is 37.9 Å². The molecule has 0 atom stereocenters. The SMILES string of the molecule is Cc1nn(Cc2cscn2)c(C)c1NC(=O)c1cc(C(N)=O)c2ccccc2n1. The molecule has 0 saturated carbocycles. The first kappa shape index (κ1) is 18.8. The maximum absolute atomic E-state index is 12.9. The lowest BCUT2D eigenvalue weighted by Crippen LogP contribution is -2.18. The largest absolute Gasteiger partial charge is 0.366 e. The Bertz CT molecular complexity index is 1230. The molecule has 9 heteroatoms. The number of hydrogen-bond acceptors (Lipinski definition) is 6. The number of para-hydroxylation sites is 1. The Balaban J connectivity index is 1.66. The number of nitrogens with zero attached hydrogens (tertiary/aromatic N) is 4. The lowest BCUT2D eigenvalue weighted by Gasteiger charge is -2.09. The van der Waals surface area contributed by atoms with E-state index in [1.54, 1.807) is 34.5 Å². The van der Waals surface area contributed by atoms with Gasteiger partial charge in [-0.15, -0.1) is 11.3 Å². The molecule has 3 N–H and O–H groups in total. The number of thiazole rings is 1. The van der Waals surface area contributed by atoms with Crippen molar-refractivity contribution in [3.05, 3.63) is 69.6 Å². The summed E-state index contributed by atoms with van der Waals surface area (Å²) in [4.78, 5) is 33.4. The molecule has 0 unspecified atom stereocenters. The molecule has 0 saturated heterocycles. The van der Waals surface area contributed by atoms with Gasteiger partial charge in [-0.1, -0.05) is 18.2 Å². The number of aromatic nitrogens is 4. The molecule has 0 aliphatic rings. The maximum Gasteiger partial charge on any atom is 0.274 e. The number of carbonyl (C=O) groups is 2. The molecule has 0 radical (unpaired) electrons. The molecule has 3 aromatic heterocycles. The van der Waals surface area contributed by atoms with E-state index in [9.17, 15) is 9.59 Å². The number of amides is 2. The quantitative estimate of drug-likeness (QED) is 0.529. The number of anilines is 1. The summed E-state index contributed by atoms with van der Waals surface area (Å²) in [5.74, 6) is -1.04. The van der Waals surface area contributed by atoms with E-state index in [0.29, 0.717) is 28.8 Å². The summed E-state index contributed by atoms with van der Waals surface area (Å²) in [6.45, 7) is 4.22. The lowest BCUT2D eigenvalue weighted by atomic mass is 10.1. The van der Waals surface area contributed by atoms with Gasteiger partial charge in [-0.05, 0) is 26.0 Å². The molecule has 0 fully saturated rings. The minimum Gasteiger partial charge on any atom is -0.366 e. The van der Waals surface area contributed by atoms with Gasteiger partial charge in [0.05, 0.1) is 45.9 Å². The van der Waals surface area contributed by atoms with Crippen LogP contribution in [0.15, 0.2) is 41.2 Å². The molecule has 0 aliphatic heterocycles. The average molecular weight is 406 g/mol. The standard InChI is InChI=1S/C20H18N6O2S/c1-11-18(12(2)26(25-11)8-13-9-29-10-22-13)24-20(28)17-7-15(19(21)27)14-5-3-4-6-16(14)23-17/h3-7,9-10H,8H2,1-2H3,(H2,21,27)(H,24,28). The number of primary amides is 1. The molecule has 4 rings (SSSR count). The Kier molecular flexibility index (Phi) is 4.81. The van der Waals surface area contributed by atoms with Crippen LogP contribution >= 0.6 is 11.3 Å². The molecule has 146 valence electrons. The van der Waals surface area contributed by atoms with E-state index in [1.807, 2.05) is 19.2 Å². The molecule has 0 aliphatic carbocycles. The molecule has 3 heterocycles. The molecule has 4 aromatic rings. The van der Waals surface area contributed by atoms with Crippen LogP contribution < -0.4 is 11.1 Å². The van der Waals surface area contributed by atoms with Gasteiger partial charge in [0.1, 0.15) is 5.69 Å². The van der Waals surface area contributed by atoms with Gasteiger partial charge in [-0.3, -0.25) is 14.3 Å². The predicted molar refractivity (Wildman–Crippen MR) is 111 cm³/mol. The lowest BCUT2D eigenvalue weighted by molar-refractivity contribution is 0.100. The predicted octanol–water partition coefficient (Wildman–Crippen LogP) is 2.90. The first-order valence-electron chi connectivity index (χ1n) is 8.86. The van der Waals surface area contributed by atoms with Crippen molar-refractivity contribution in [2.75, 3.05) is 5.32 Å². The maximum atomic E-state index is 12.9. The van der Waals surface area contributed by atoms with Crippen LogP contribution in [-0.4, -0.2) is 31.6 Å². The molecule has 29 heavy (non-hydrogen) atoms. The summed E-state index contributed by atoms with van der Waals surface area (Å²) in [7, 11) is 0. The van der Waals surface area contributed by atoms with E-state index in [4.69, 9.17) is 5.73 Å². The van der Waals surface area contributed by atoms with Gasteiger partial charge in [0.15, 0.2) is 0 Å². The van der Waals surface area contributed by atoms with Crippen LogP contribution in [0.5, 0.6) is 0 Å². The van der Waals surface area contributed by atoms with Gasteiger partial charge in [-0.2, -0.15) is 5.10 Å². The Morgan fingerprint density at radius 1 is 1.24 bits per heavy atom. The summed E-state index contributed by atoms with van der Waals surface area (Å²) in [6, 6.07) is 8.49. The van der Waals surface area contributed by atoms with E-state index >= 15 is 0 Å². The highest BCUT2D eigenvalue weighted by Gasteiger charge is 2.19. The summed E-state index contributed by atoms with van der Waals surface area (Å²) < 4.78 is 1.79. The Morgan fingerprint density at radius 3 is 2.76 bits per heavy atom. The second-order valence-electron chi connectivity index (χ2n) is 6.57. The van der Waals surface area contributed by atoms with Gasteiger partial charge < -0.3 is 11.1 Å². The van der Waals surface area contributed by atoms with Crippen molar-refractivity contribution in [2.24, 2.45) is 5.73 Å². The Morgan fingerprint density at radius 2 is 2.03 bits per heavy atom. The van der Waals surface area contributed by atoms with Crippen molar-refractivity contribution in [1.29, 1.82) is 0 Å². The van der Waals surface area contributed by atoms with Crippen molar-refractivity contribution < 1.29 is 9.59 Å². The van der Waals surface area contributed by atoms with Crippen LogP contribution in [0.2, 0.25) is 0 Å². The Hall–Kier alpha value is -3.59. The third kappa shape index (κ3) is 3.59. The normalized spacial score (nSPS) is 11.0. The minimum atomic E-state index is -0.610. The van der Waals surface area contributed by atoms with E-state index < -0.39 is 11.8 Å². The molecule has 8 nitrogen and oxygen atoms in total. The van der Waals surface area contributed by atoms with Gasteiger partial charge in [0.25, 0.3) is 5.91 Å². The minimum absolute atomic E-state index is 0.114. The summed E-state index contributed by atoms with van der Waals surface area (Å²) in [6.07, 6.45) is 0. The number of nitrogens with two attached hydrogens (primary N) is 1. The van der Waals surface area contributed by atoms with Crippen LogP contribution in [-0.2, 0) is 6.54 Å². The first-order valence-corrected chi connectivity index (χ1v) is 9.80. The molecule has 0 bridgehead atoms. The zero-order chi connectivity index (χ0) is 20.5. The number of fused-ring (bicyclic) bond motifs is 1. The third-order valence-corrected chi connectivity index (χ3v) is 5.26. The smallest absolute Gasteiger partial charge is 0.274 e. The summed E-state index contributed by atoms with van der Waals surface area (Å²) >= 11 is 1.52. The number of benzene rings is 1. The van der Waals surface area contributed by atoms with E-state index in [-0.39, 0.29) is 11.3 Å². The number of aryl methyl sites for hydroxylation is 1. The van der Waals surface area contributed by atoms with Crippen molar-refractivity contribution in [2.45, 2.75) is 20.4 Å². The van der Waals surface area contributed by atoms with E-state index in [1.165, 1.54) is 17.4 Å². The fraction of sp³-hybridized carbons (Fsp3) is 0.150. The number of rotatable bonds is 5. The van der Waals surface area contributed by atoms with Gasteiger partial charge >= 0.3 is 0 Å². The molecular weight excluding hydrogens is 388 g/mol. The fourth-order valence-corrected chi connectivity index (χ4v) is 3.72. The highest BCUT2D eigenvalue weighted by atomic mass is 32.1. The van der Waals surface area contributed by atoms with Crippen molar-refractivity contribution in [3.8, 4) is 0 Å². The van der Waals surface area contributed by atoms with Gasteiger partial charge in [0.2, 0.25) is 5.91 Å². The average Bonchev–Trinajstić information content (AvgIpc) is 3.31. The van der Waals surface area contributed by atoms with E-state index in [0.717, 1.165) is 11.4 Å². The molecular formula is C20H18N6O2S. The van der Waals surface area contributed by atoms with Gasteiger partial charge in [-0.25, -0.2) is 9.97 Å². The van der Waals surface area contributed by atoms with Crippen molar-refractivity contribution in [1.82, 2.24) is 19.7 Å². The first-order chi connectivity index (χ1) is 13.9. The van der Waals surface area contributed by atoms with Gasteiger partial charge in [0, 0.05) is 10.8 Å². The number of pyridine rings is 1. The van der Waals surface area contributed by atoms with E-state index in [2.05, 4.69) is 20.4 Å². The summed E-state index contributed by atoms with van der Waals surface area (Å²) in [5.41, 5.74) is 11.2. The molecule has 2 amide bonds. The second kappa shape index (κ2) is 7.44. The third-order valence-electron chi connectivity index (χ3n) is 4.63.